The van der Waals surface area contributed by atoms with Crippen molar-refractivity contribution in [3.8, 4) is 5.75 Å². The Morgan fingerprint density at radius 2 is 2.03 bits per heavy atom. The summed E-state index contributed by atoms with van der Waals surface area (Å²) in [5.74, 6) is -0.0228. The fourth-order valence-corrected chi connectivity index (χ4v) is 3.77. The maximum absolute atomic E-state index is 12.7. The van der Waals surface area contributed by atoms with Crippen LogP contribution in [0.3, 0.4) is 0 Å². The number of rotatable bonds is 6. The van der Waals surface area contributed by atoms with Gasteiger partial charge in [-0.1, -0.05) is 6.07 Å². The third-order valence-corrected chi connectivity index (χ3v) is 5.28. The molecule has 0 aliphatic carbocycles. The normalized spacial score (nSPS) is 15.9. The number of aryl methyl sites for hydroxylation is 1. The zero-order valence-corrected chi connectivity index (χ0v) is 16.8. The Labute approximate surface area is 178 Å². The van der Waals surface area contributed by atoms with Crippen LogP contribution in [0, 0.1) is 6.92 Å². The van der Waals surface area contributed by atoms with Crippen molar-refractivity contribution in [2.45, 2.75) is 25.9 Å². The van der Waals surface area contributed by atoms with Crippen molar-refractivity contribution in [2.24, 2.45) is 0 Å². The third kappa shape index (κ3) is 4.93. The van der Waals surface area contributed by atoms with Gasteiger partial charge in [-0.25, -0.2) is 15.0 Å². The van der Waals surface area contributed by atoms with E-state index in [1.807, 2.05) is 19.1 Å². The second-order valence-electron chi connectivity index (χ2n) is 7.31. The number of hydrogen-bond acceptors (Lipinski definition) is 6. The molecule has 1 fully saturated rings. The number of nitrogens with zero attached hydrogens (tertiary/aromatic N) is 4. The van der Waals surface area contributed by atoms with Gasteiger partial charge in [-0.2, -0.15) is 8.78 Å². The summed E-state index contributed by atoms with van der Waals surface area (Å²) in [6.45, 7) is 0.777. The van der Waals surface area contributed by atoms with Crippen LogP contribution in [0.2, 0.25) is 0 Å². The predicted molar refractivity (Wildman–Crippen MR) is 112 cm³/mol. The Morgan fingerprint density at radius 1 is 1.23 bits per heavy atom. The fourth-order valence-electron chi connectivity index (χ4n) is 3.77. The summed E-state index contributed by atoms with van der Waals surface area (Å²) in [5.41, 5.74) is 3.67. The van der Waals surface area contributed by atoms with Crippen molar-refractivity contribution < 1.29 is 18.3 Å². The molecule has 1 aliphatic heterocycles. The lowest BCUT2D eigenvalue weighted by atomic mass is 9.92. The molecule has 1 amide bonds. The molecule has 1 aliphatic rings. The SMILES string of the molecule is Cc1ccc(C(=O)Nc2cc(OC(F)F)ccn2)cc1[C@@H]1CCN(c2cncnc2)C1. The van der Waals surface area contributed by atoms with Crippen LogP contribution in [-0.2, 0) is 0 Å². The van der Waals surface area contributed by atoms with Crippen molar-refractivity contribution in [3.05, 3.63) is 71.9 Å². The second-order valence-corrected chi connectivity index (χ2v) is 7.31. The summed E-state index contributed by atoms with van der Waals surface area (Å²) in [7, 11) is 0. The first kappa shape index (κ1) is 20.6. The highest BCUT2D eigenvalue weighted by Gasteiger charge is 2.26. The van der Waals surface area contributed by atoms with Crippen LogP contribution in [0.1, 0.15) is 33.8 Å². The summed E-state index contributed by atoms with van der Waals surface area (Å²) in [4.78, 5) is 27.1. The van der Waals surface area contributed by atoms with Gasteiger partial charge in [-0.05, 0) is 42.7 Å². The molecule has 2 aromatic heterocycles. The molecule has 0 saturated carbocycles. The summed E-state index contributed by atoms with van der Waals surface area (Å²) in [5, 5.41) is 2.64. The van der Waals surface area contributed by atoms with E-state index in [2.05, 4.69) is 29.9 Å². The minimum absolute atomic E-state index is 0.0687. The lowest BCUT2D eigenvalue weighted by molar-refractivity contribution is -0.0498. The predicted octanol–water partition coefficient (Wildman–Crippen LogP) is 4.03. The Kier molecular flexibility index (Phi) is 6.01. The molecule has 160 valence electrons. The van der Waals surface area contributed by atoms with Gasteiger partial charge in [0.05, 0.1) is 18.1 Å². The number of carbonyl (C=O) groups is 1. The molecule has 1 aromatic carbocycles. The number of amides is 1. The molecule has 0 unspecified atom stereocenters. The van der Waals surface area contributed by atoms with E-state index in [1.54, 1.807) is 18.5 Å². The van der Waals surface area contributed by atoms with Crippen molar-refractivity contribution in [1.82, 2.24) is 15.0 Å². The molecular weight excluding hydrogens is 404 g/mol. The van der Waals surface area contributed by atoms with Gasteiger partial charge in [0.2, 0.25) is 0 Å². The number of pyridine rings is 1. The van der Waals surface area contributed by atoms with Gasteiger partial charge in [0, 0.05) is 36.8 Å². The van der Waals surface area contributed by atoms with E-state index in [9.17, 15) is 13.6 Å². The minimum Gasteiger partial charge on any atom is -0.435 e. The number of aromatic nitrogens is 3. The van der Waals surface area contributed by atoms with Crippen molar-refractivity contribution in [2.75, 3.05) is 23.3 Å². The molecule has 3 heterocycles. The highest BCUT2D eigenvalue weighted by atomic mass is 19.3. The Bertz CT molecular complexity index is 1060. The standard InChI is InChI=1S/C22H21F2N5O2/c1-14-2-3-15(21(30)28-20-9-18(4-6-27-20)31-22(23)24)8-19(14)16-5-7-29(12-16)17-10-25-13-26-11-17/h2-4,6,8-11,13,16,22H,5,7,12H2,1H3,(H,27,28,30)/t16-/m1/s1. The smallest absolute Gasteiger partial charge is 0.387 e. The molecule has 3 aromatic rings. The Balaban J connectivity index is 1.48. The van der Waals surface area contributed by atoms with E-state index in [-0.39, 0.29) is 23.4 Å². The summed E-state index contributed by atoms with van der Waals surface area (Å²) >= 11 is 0. The Morgan fingerprint density at radius 3 is 2.81 bits per heavy atom. The maximum Gasteiger partial charge on any atom is 0.387 e. The van der Waals surface area contributed by atoms with Crippen molar-refractivity contribution >= 4 is 17.4 Å². The lowest BCUT2D eigenvalue weighted by Gasteiger charge is -2.19. The zero-order valence-electron chi connectivity index (χ0n) is 16.8. The molecule has 0 radical (unpaired) electrons. The minimum atomic E-state index is -2.95. The fraction of sp³-hybridized carbons (Fsp3) is 0.273. The van der Waals surface area contributed by atoms with Crippen molar-refractivity contribution in [1.29, 1.82) is 0 Å². The number of anilines is 2. The van der Waals surface area contributed by atoms with Gasteiger partial charge in [0.15, 0.2) is 0 Å². The first-order valence-electron chi connectivity index (χ1n) is 9.82. The van der Waals surface area contributed by atoms with E-state index < -0.39 is 6.61 Å². The molecule has 0 spiro atoms. The quantitative estimate of drug-likeness (QED) is 0.642. The zero-order chi connectivity index (χ0) is 21.8. The number of ether oxygens (including phenoxy) is 1. The summed E-state index contributed by atoms with van der Waals surface area (Å²) < 4.78 is 29.2. The van der Waals surface area contributed by atoms with Crippen molar-refractivity contribution in [3.63, 3.8) is 0 Å². The first-order valence-corrected chi connectivity index (χ1v) is 9.82. The molecular formula is C22H21F2N5O2. The van der Waals surface area contributed by atoms with Crippen LogP contribution in [-0.4, -0.2) is 40.6 Å². The molecule has 7 nitrogen and oxygen atoms in total. The van der Waals surface area contributed by atoms with Crippen LogP contribution in [0.25, 0.3) is 0 Å². The van der Waals surface area contributed by atoms with E-state index in [0.717, 1.165) is 36.3 Å². The average Bonchev–Trinajstić information content (AvgIpc) is 3.24. The van der Waals surface area contributed by atoms with E-state index in [0.29, 0.717) is 5.56 Å². The number of nitrogens with one attached hydrogen (secondary N) is 1. The van der Waals surface area contributed by atoms with Gasteiger partial charge in [-0.15, -0.1) is 0 Å². The number of carbonyl (C=O) groups excluding carboxylic acids is 1. The molecule has 31 heavy (non-hydrogen) atoms. The molecule has 4 rings (SSSR count). The van der Waals surface area contributed by atoms with E-state index in [1.165, 1.54) is 24.7 Å². The highest BCUT2D eigenvalue weighted by Crippen LogP contribution is 2.32. The summed E-state index contributed by atoms with van der Waals surface area (Å²) in [6, 6.07) is 8.11. The average molecular weight is 425 g/mol. The number of benzene rings is 1. The van der Waals surface area contributed by atoms with Crippen LogP contribution in [0.15, 0.2) is 55.2 Å². The molecule has 1 atom stereocenters. The number of halogens is 2. The molecule has 1 N–H and O–H groups in total. The third-order valence-electron chi connectivity index (χ3n) is 5.28. The van der Waals surface area contributed by atoms with Crippen LogP contribution < -0.4 is 15.0 Å². The van der Waals surface area contributed by atoms with Crippen LogP contribution in [0.4, 0.5) is 20.3 Å². The topological polar surface area (TPSA) is 80.2 Å². The van der Waals surface area contributed by atoms with Gasteiger partial charge in [0.1, 0.15) is 17.9 Å². The number of alkyl halides is 2. The van der Waals surface area contributed by atoms with Gasteiger partial charge in [-0.3, -0.25) is 4.79 Å². The van der Waals surface area contributed by atoms with Gasteiger partial charge < -0.3 is 15.0 Å². The molecule has 0 bridgehead atoms. The van der Waals surface area contributed by atoms with E-state index in [4.69, 9.17) is 0 Å². The summed E-state index contributed by atoms with van der Waals surface area (Å²) in [6.07, 6.45) is 7.35. The lowest BCUT2D eigenvalue weighted by Crippen LogP contribution is -2.20. The van der Waals surface area contributed by atoms with E-state index >= 15 is 0 Å². The maximum atomic E-state index is 12.7. The number of hydrogen-bond donors (Lipinski definition) is 1. The monoisotopic (exact) mass is 425 g/mol. The second kappa shape index (κ2) is 9.03. The van der Waals surface area contributed by atoms with Crippen LogP contribution >= 0.6 is 0 Å². The highest BCUT2D eigenvalue weighted by molar-refractivity contribution is 6.04. The molecule has 1 saturated heterocycles. The largest absolute Gasteiger partial charge is 0.435 e. The van der Waals surface area contributed by atoms with Gasteiger partial charge >= 0.3 is 6.61 Å². The van der Waals surface area contributed by atoms with Crippen LogP contribution in [0.5, 0.6) is 5.75 Å². The Hall–Kier alpha value is -3.62. The molecule has 9 heteroatoms. The first-order chi connectivity index (χ1) is 15.0. The van der Waals surface area contributed by atoms with Gasteiger partial charge in [0.25, 0.3) is 5.91 Å².